The van der Waals surface area contributed by atoms with E-state index in [0.717, 1.165) is 22.3 Å². The van der Waals surface area contributed by atoms with Crippen molar-refractivity contribution in [3.63, 3.8) is 0 Å². The normalized spacial score (nSPS) is 10.5. The van der Waals surface area contributed by atoms with Crippen LogP contribution in [0.25, 0.3) is 11.1 Å². The number of benzene rings is 4. The van der Waals surface area contributed by atoms with E-state index in [1.54, 1.807) is 18.2 Å². The molecule has 1 amide bonds. The van der Waals surface area contributed by atoms with Crippen LogP contribution >= 0.6 is 0 Å². The van der Waals surface area contributed by atoms with Gasteiger partial charge in [0.15, 0.2) is 0 Å². The molecule has 0 saturated heterocycles. The van der Waals surface area contributed by atoms with Gasteiger partial charge in [-0.1, -0.05) is 78.9 Å². The van der Waals surface area contributed by atoms with Crippen molar-refractivity contribution in [2.24, 2.45) is 0 Å². The fourth-order valence-corrected chi connectivity index (χ4v) is 3.55. The molecule has 0 fully saturated rings. The Morgan fingerprint density at radius 2 is 1.41 bits per heavy atom. The summed E-state index contributed by atoms with van der Waals surface area (Å²) in [5, 5.41) is 2.90. The maximum atomic E-state index is 12.8. The van der Waals surface area contributed by atoms with Crippen molar-refractivity contribution in [1.29, 1.82) is 0 Å². The second-order valence-corrected chi connectivity index (χ2v) is 7.97. The van der Waals surface area contributed by atoms with Gasteiger partial charge in [-0.25, -0.2) is 0 Å². The average Bonchev–Trinajstić information content (AvgIpc) is 2.89. The molecular weight excluding hydrogens is 424 g/mol. The molecule has 0 aliphatic carbocycles. The summed E-state index contributed by atoms with van der Waals surface area (Å²) in [7, 11) is 0. The zero-order valence-electron chi connectivity index (χ0n) is 18.7. The van der Waals surface area contributed by atoms with Crippen LogP contribution in [0.15, 0.2) is 103 Å². The summed E-state index contributed by atoms with van der Waals surface area (Å²) in [6, 6.07) is 32.3. The number of anilines is 2. The minimum atomic E-state index is -0.251. The number of ether oxygens (including phenoxy) is 1. The lowest BCUT2D eigenvalue weighted by atomic mass is 10.0. The lowest BCUT2D eigenvalue weighted by Crippen LogP contribution is -2.13. The van der Waals surface area contributed by atoms with Crippen LogP contribution in [0, 0.1) is 0 Å². The van der Waals surface area contributed by atoms with E-state index in [9.17, 15) is 9.59 Å². The predicted molar refractivity (Wildman–Crippen MR) is 135 cm³/mol. The predicted octanol–water partition coefficient (Wildman–Crippen LogP) is 5.86. The highest BCUT2D eigenvalue weighted by Crippen LogP contribution is 2.27. The van der Waals surface area contributed by atoms with E-state index in [-0.39, 0.29) is 24.9 Å². The Balaban J connectivity index is 1.32. The number of nitrogen functional groups attached to an aromatic ring is 1. The Bertz CT molecular complexity index is 1250. The molecule has 0 aromatic heterocycles. The van der Waals surface area contributed by atoms with Gasteiger partial charge in [0.2, 0.25) is 0 Å². The van der Waals surface area contributed by atoms with Crippen LogP contribution in [0.3, 0.4) is 0 Å². The molecule has 0 unspecified atom stereocenters. The minimum Gasteiger partial charge on any atom is -0.461 e. The fraction of sp³-hybridized carbons (Fsp3) is 0.103. The highest BCUT2D eigenvalue weighted by atomic mass is 16.5. The Labute approximate surface area is 199 Å². The van der Waals surface area contributed by atoms with E-state index < -0.39 is 0 Å². The summed E-state index contributed by atoms with van der Waals surface area (Å²) in [6.07, 6.45) is 0.822. The molecule has 4 rings (SSSR count). The third kappa shape index (κ3) is 6.11. The molecule has 0 bridgehead atoms. The van der Waals surface area contributed by atoms with Crippen molar-refractivity contribution in [1.82, 2.24) is 0 Å². The first-order valence-corrected chi connectivity index (χ1v) is 11.1. The highest BCUT2D eigenvalue weighted by Gasteiger charge is 2.11. The molecule has 34 heavy (non-hydrogen) atoms. The number of nitrogens with one attached hydrogen (secondary N) is 1. The number of rotatable bonds is 8. The van der Waals surface area contributed by atoms with Gasteiger partial charge in [0.05, 0.1) is 11.4 Å². The van der Waals surface area contributed by atoms with E-state index in [2.05, 4.69) is 5.32 Å². The van der Waals surface area contributed by atoms with Crippen LogP contribution < -0.4 is 11.1 Å². The first-order chi connectivity index (χ1) is 16.6. The van der Waals surface area contributed by atoms with Crippen molar-refractivity contribution < 1.29 is 14.3 Å². The van der Waals surface area contributed by atoms with Crippen molar-refractivity contribution in [3.8, 4) is 11.1 Å². The second kappa shape index (κ2) is 11.0. The zero-order chi connectivity index (χ0) is 23.8. The van der Waals surface area contributed by atoms with Gasteiger partial charge < -0.3 is 15.8 Å². The molecule has 3 N–H and O–H groups in total. The summed E-state index contributed by atoms with van der Waals surface area (Å²) in [5.41, 5.74) is 11.6. The smallest absolute Gasteiger partial charge is 0.306 e. The standard InChI is InChI=1S/C29H26N2O3/c30-26-17-16-25(23-9-5-2-6-10-23)19-27(26)31-29(33)24-14-11-21(12-15-24)13-18-28(32)34-20-22-7-3-1-4-8-22/h1-12,14-17,19H,13,18,20,30H2,(H,31,33). The molecule has 0 aliphatic rings. The summed E-state index contributed by atoms with van der Waals surface area (Å²) >= 11 is 0. The molecule has 5 nitrogen and oxygen atoms in total. The van der Waals surface area contributed by atoms with Crippen LogP contribution in [0.4, 0.5) is 11.4 Å². The fourth-order valence-electron chi connectivity index (χ4n) is 3.55. The molecule has 0 heterocycles. The number of hydrogen-bond donors (Lipinski definition) is 2. The maximum absolute atomic E-state index is 12.8. The first-order valence-electron chi connectivity index (χ1n) is 11.1. The summed E-state index contributed by atoms with van der Waals surface area (Å²) in [5.74, 6) is -0.495. The van der Waals surface area contributed by atoms with Crippen LogP contribution in [0.5, 0.6) is 0 Å². The van der Waals surface area contributed by atoms with Crippen LogP contribution in [-0.2, 0) is 22.6 Å². The Hall–Kier alpha value is -4.38. The minimum absolute atomic E-state index is 0.245. The van der Waals surface area contributed by atoms with E-state index in [1.807, 2.05) is 84.9 Å². The van der Waals surface area contributed by atoms with E-state index in [1.165, 1.54) is 0 Å². The van der Waals surface area contributed by atoms with Gasteiger partial charge in [-0.05, 0) is 52.9 Å². The monoisotopic (exact) mass is 450 g/mol. The van der Waals surface area contributed by atoms with Crippen molar-refractivity contribution in [2.75, 3.05) is 11.1 Å². The van der Waals surface area contributed by atoms with Gasteiger partial charge in [-0.2, -0.15) is 0 Å². The number of amides is 1. The summed E-state index contributed by atoms with van der Waals surface area (Å²) in [6.45, 7) is 0.271. The summed E-state index contributed by atoms with van der Waals surface area (Å²) in [4.78, 5) is 24.8. The number of hydrogen-bond acceptors (Lipinski definition) is 4. The number of aryl methyl sites for hydroxylation is 1. The van der Waals surface area contributed by atoms with Gasteiger partial charge in [0, 0.05) is 12.0 Å². The van der Waals surface area contributed by atoms with E-state index >= 15 is 0 Å². The number of esters is 1. The van der Waals surface area contributed by atoms with Gasteiger partial charge in [-0.3, -0.25) is 9.59 Å². The van der Waals surface area contributed by atoms with Gasteiger partial charge >= 0.3 is 5.97 Å². The van der Waals surface area contributed by atoms with Crippen molar-refractivity contribution in [3.05, 3.63) is 120 Å². The van der Waals surface area contributed by atoms with Gasteiger partial charge in [0.1, 0.15) is 6.61 Å². The highest BCUT2D eigenvalue weighted by molar-refractivity contribution is 6.06. The topological polar surface area (TPSA) is 81.4 Å². The molecule has 0 radical (unpaired) electrons. The number of nitrogens with two attached hydrogens (primary N) is 1. The second-order valence-electron chi connectivity index (χ2n) is 7.97. The maximum Gasteiger partial charge on any atom is 0.306 e. The number of carbonyl (C=O) groups is 2. The Kier molecular flexibility index (Phi) is 7.35. The van der Waals surface area contributed by atoms with Crippen LogP contribution in [0.2, 0.25) is 0 Å². The third-order valence-electron chi connectivity index (χ3n) is 5.49. The first kappa shape index (κ1) is 22.8. The lowest BCUT2D eigenvalue weighted by molar-refractivity contribution is -0.144. The lowest BCUT2D eigenvalue weighted by Gasteiger charge is -2.11. The SMILES string of the molecule is Nc1ccc(-c2ccccc2)cc1NC(=O)c1ccc(CCC(=O)OCc2ccccc2)cc1. The largest absolute Gasteiger partial charge is 0.461 e. The molecule has 170 valence electrons. The average molecular weight is 451 g/mol. The van der Waals surface area contributed by atoms with Crippen LogP contribution in [0.1, 0.15) is 27.9 Å². The molecule has 0 saturated carbocycles. The molecule has 5 heteroatoms. The third-order valence-corrected chi connectivity index (χ3v) is 5.49. The molecule has 0 aliphatic heterocycles. The summed E-state index contributed by atoms with van der Waals surface area (Å²) < 4.78 is 5.32. The van der Waals surface area contributed by atoms with Crippen molar-refractivity contribution >= 4 is 23.3 Å². The van der Waals surface area contributed by atoms with Crippen molar-refractivity contribution in [2.45, 2.75) is 19.4 Å². The quantitative estimate of drug-likeness (QED) is 0.260. The van der Waals surface area contributed by atoms with Gasteiger partial charge in [0.25, 0.3) is 5.91 Å². The van der Waals surface area contributed by atoms with Crippen LogP contribution in [-0.4, -0.2) is 11.9 Å². The molecule has 4 aromatic carbocycles. The molecular formula is C29H26N2O3. The molecule has 4 aromatic rings. The molecule has 0 atom stereocenters. The van der Waals surface area contributed by atoms with E-state index in [4.69, 9.17) is 10.5 Å². The Morgan fingerprint density at radius 1 is 0.735 bits per heavy atom. The Morgan fingerprint density at radius 3 is 2.12 bits per heavy atom. The van der Waals surface area contributed by atoms with Gasteiger partial charge in [-0.15, -0.1) is 0 Å². The molecule has 0 spiro atoms. The zero-order valence-corrected chi connectivity index (χ0v) is 18.7. The number of carbonyl (C=O) groups excluding carboxylic acids is 2. The van der Waals surface area contributed by atoms with E-state index in [0.29, 0.717) is 23.4 Å².